The van der Waals surface area contributed by atoms with Gasteiger partial charge in [0.1, 0.15) is 5.82 Å². The van der Waals surface area contributed by atoms with Gasteiger partial charge in [-0.15, -0.1) is 0 Å². The maximum atomic E-state index is 12.4. The van der Waals surface area contributed by atoms with Crippen LogP contribution < -0.4 is 20.9 Å². The third-order valence-corrected chi connectivity index (χ3v) is 4.05. The predicted molar refractivity (Wildman–Crippen MR) is 98.2 cm³/mol. The van der Waals surface area contributed by atoms with E-state index in [0.29, 0.717) is 16.9 Å². The molecule has 1 aromatic carbocycles. The molecule has 1 saturated heterocycles. The summed E-state index contributed by atoms with van der Waals surface area (Å²) in [6, 6.07) is 10.3. The first-order valence-corrected chi connectivity index (χ1v) is 8.27. The molecule has 130 valence electrons. The van der Waals surface area contributed by atoms with E-state index in [-0.39, 0.29) is 11.9 Å². The number of hydrogen-bond donors (Lipinski definition) is 3. The Morgan fingerprint density at radius 2 is 1.76 bits per heavy atom. The lowest BCUT2D eigenvalue weighted by Crippen LogP contribution is -2.24. The number of carbonyl (C=O) groups is 2. The van der Waals surface area contributed by atoms with E-state index in [4.69, 9.17) is 0 Å². The van der Waals surface area contributed by atoms with Gasteiger partial charge < -0.3 is 20.9 Å². The highest BCUT2D eigenvalue weighted by atomic mass is 16.2. The van der Waals surface area contributed by atoms with Crippen LogP contribution in [-0.2, 0) is 0 Å². The summed E-state index contributed by atoms with van der Waals surface area (Å²) in [4.78, 5) is 30.3. The van der Waals surface area contributed by atoms with E-state index >= 15 is 0 Å². The van der Waals surface area contributed by atoms with Crippen LogP contribution in [0, 0.1) is 0 Å². The first kappa shape index (κ1) is 16.8. The summed E-state index contributed by atoms with van der Waals surface area (Å²) in [7, 11) is 1.54. The Morgan fingerprint density at radius 3 is 2.40 bits per heavy atom. The highest BCUT2D eigenvalue weighted by Gasteiger charge is 2.14. The van der Waals surface area contributed by atoms with E-state index in [2.05, 4.69) is 25.8 Å². The molecule has 7 nitrogen and oxygen atoms in total. The Hall–Kier alpha value is -3.09. The van der Waals surface area contributed by atoms with Crippen LogP contribution in [0.4, 0.5) is 22.0 Å². The minimum atomic E-state index is -0.315. The number of amides is 3. The molecule has 3 amide bonds. The summed E-state index contributed by atoms with van der Waals surface area (Å²) >= 11 is 0. The van der Waals surface area contributed by atoms with E-state index in [1.54, 1.807) is 43.6 Å². The lowest BCUT2D eigenvalue weighted by Gasteiger charge is -2.16. The highest BCUT2D eigenvalue weighted by molar-refractivity contribution is 6.04. The van der Waals surface area contributed by atoms with Crippen molar-refractivity contribution in [2.24, 2.45) is 0 Å². The first-order chi connectivity index (χ1) is 12.2. The van der Waals surface area contributed by atoms with Crippen molar-refractivity contribution in [2.75, 3.05) is 35.7 Å². The molecule has 2 aromatic rings. The fourth-order valence-electron chi connectivity index (χ4n) is 2.73. The summed E-state index contributed by atoms with van der Waals surface area (Å²) < 4.78 is 0. The second-order valence-corrected chi connectivity index (χ2v) is 5.84. The molecule has 25 heavy (non-hydrogen) atoms. The minimum absolute atomic E-state index is 0.238. The van der Waals surface area contributed by atoms with Gasteiger partial charge in [0, 0.05) is 37.7 Å². The lowest BCUT2D eigenvalue weighted by molar-refractivity contribution is 0.102. The van der Waals surface area contributed by atoms with Crippen LogP contribution in [0.5, 0.6) is 0 Å². The number of rotatable bonds is 4. The van der Waals surface area contributed by atoms with Gasteiger partial charge in [-0.3, -0.25) is 4.79 Å². The van der Waals surface area contributed by atoms with Crippen molar-refractivity contribution in [3.63, 3.8) is 0 Å². The molecule has 0 bridgehead atoms. The van der Waals surface area contributed by atoms with Gasteiger partial charge in [0.25, 0.3) is 5.91 Å². The molecular formula is C18H21N5O2. The molecule has 7 heteroatoms. The van der Waals surface area contributed by atoms with Gasteiger partial charge in [-0.2, -0.15) is 0 Å². The van der Waals surface area contributed by atoms with E-state index in [9.17, 15) is 9.59 Å². The van der Waals surface area contributed by atoms with Gasteiger partial charge in [-0.1, -0.05) is 6.07 Å². The molecule has 1 aliphatic heterocycles. The zero-order valence-electron chi connectivity index (χ0n) is 14.1. The number of pyridine rings is 1. The number of nitrogens with zero attached hydrogens (tertiary/aromatic N) is 2. The maximum absolute atomic E-state index is 12.4. The molecular weight excluding hydrogens is 318 g/mol. The standard InChI is InChI=1S/C18H21N5O2/c1-19-18(25)22-15-6-4-5-14(11-15)21-17(24)13-7-8-16(20-12-13)23-9-2-3-10-23/h4-8,11-12H,2-3,9-10H2,1H3,(H,21,24)(H2,19,22,25). The first-order valence-electron chi connectivity index (χ1n) is 8.27. The number of aromatic nitrogens is 1. The van der Waals surface area contributed by atoms with Gasteiger partial charge in [0.15, 0.2) is 0 Å². The molecule has 0 atom stereocenters. The van der Waals surface area contributed by atoms with Crippen LogP contribution in [0.15, 0.2) is 42.6 Å². The number of carbonyl (C=O) groups excluding carboxylic acids is 2. The second-order valence-electron chi connectivity index (χ2n) is 5.84. The molecule has 3 rings (SSSR count). The number of anilines is 3. The van der Waals surface area contributed by atoms with Crippen molar-refractivity contribution in [1.29, 1.82) is 0 Å². The van der Waals surface area contributed by atoms with Crippen molar-refractivity contribution in [1.82, 2.24) is 10.3 Å². The topological polar surface area (TPSA) is 86.4 Å². The number of nitrogens with one attached hydrogen (secondary N) is 3. The smallest absolute Gasteiger partial charge is 0.318 e. The largest absolute Gasteiger partial charge is 0.357 e. The van der Waals surface area contributed by atoms with Crippen LogP contribution >= 0.6 is 0 Å². The van der Waals surface area contributed by atoms with Crippen molar-refractivity contribution in [3.8, 4) is 0 Å². The third kappa shape index (κ3) is 4.26. The number of urea groups is 1. The Kier molecular flexibility index (Phi) is 5.13. The van der Waals surface area contributed by atoms with Gasteiger partial charge in [-0.25, -0.2) is 9.78 Å². The monoisotopic (exact) mass is 339 g/mol. The molecule has 3 N–H and O–H groups in total. The molecule has 0 spiro atoms. The second kappa shape index (κ2) is 7.65. The van der Waals surface area contributed by atoms with Crippen molar-refractivity contribution in [3.05, 3.63) is 48.2 Å². The van der Waals surface area contributed by atoms with Gasteiger partial charge in [0.05, 0.1) is 5.56 Å². The van der Waals surface area contributed by atoms with E-state index < -0.39 is 0 Å². The average molecular weight is 339 g/mol. The molecule has 2 heterocycles. The minimum Gasteiger partial charge on any atom is -0.357 e. The van der Waals surface area contributed by atoms with Crippen molar-refractivity contribution in [2.45, 2.75) is 12.8 Å². The zero-order valence-corrected chi connectivity index (χ0v) is 14.1. The van der Waals surface area contributed by atoms with Gasteiger partial charge in [-0.05, 0) is 43.2 Å². The summed E-state index contributed by atoms with van der Waals surface area (Å²) in [5.74, 6) is 0.670. The summed E-state index contributed by atoms with van der Waals surface area (Å²) in [6.07, 6.45) is 3.96. The van der Waals surface area contributed by atoms with Crippen LogP contribution in [0.25, 0.3) is 0 Å². The molecule has 1 aliphatic rings. The van der Waals surface area contributed by atoms with Crippen LogP contribution in [0.2, 0.25) is 0 Å². The van der Waals surface area contributed by atoms with Crippen LogP contribution in [0.1, 0.15) is 23.2 Å². The van der Waals surface area contributed by atoms with Crippen LogP contribution in [-0.4, -0.2) is 37.1 Å². The molecule has 1 aromatic heterocycles. The maximum Gasteiger partial charge on any atom is 0.318 e. The van der Waals surface area contributed by atoms with E-state index in [0.717, 1.165) is 18.9 Å². The van der Waals surface area contributed by atoms with Gasteiger partial charge >= 0.3 is 6.03 Å². The summed E-state index contributed by atoms with van der Waals surface area (Å²) in [5.41, 5.74) is 1.69. The predicted octanol–water partition coefficient (Wildman–Crippen LogP) is 2.69. The SMILES string of the molecule is CNC(=O)Nc1cccc(NC(=O)c2ccc(N3CCCC3)nc2)c1. The Bertz CT molecular complexity index is 754. The summed E-state index contributed by atoms with van der Waals surface area (Å²) in [6.45, 7) is 2.04. The van der Waals surface area contributed by atoms with E-state index in [1.165, 1.54) is 12.8 Å². The fraction of sp³-hybridized carbons (Fsp3) is 0.278. The summed E-state index contributed by atoms with van der Waals surface area (Å²) in [5, 5.41) is 7.96. The fourth-order valence-corrected chi connectivity index (χ4v) is 2.73. The molecule has 0 aliphatic carbocycles. The Morgan fingerprint density at radius 1 is 1.04 bits per heavy atom. The van der Waals surface area contributed by atoms with Gasteiger partial charge in [0.2, 0.25) is 0 Å². The third-order valence-electron chi connectivity index (χ3n) is 4.05. The number of hydrogen-bond acceptors (Lipinski definition) is 4. The molecule has 0 unspecified atom stereocenters. The zero-order chi connectivity index (χ0) is 17.6. The number of benzene rings is 1. The van der Waals surface area contributed by atoms with Crippen molar-refractivity contribution < 1.29 is 9.59 Å². The Balaban J connectivity index is 1.65. The molecule has 0 saturated carbocycles. The normalized spacial score (nSPS) is 13.4. The molecule has 1 fully saturated rings. The van der Waals surface area contributed by atoms with Crippen LogP contribution in [0.3, 0.4) is 0 Å². The lowest BCUT2D eigenvalue weighted by atomic mass is 10.2. The molecule has 0 radical (unpaired) electrons. The quantitative estimate of drug-likeness (QED) is 0.799. The van der Waals surface area contributed by atoms with E-state index in [1.807, 2.05) is 6.07 Å². The Labute approximate surface area is 146 Å². The average Bonchev–Trinajstić information content (AvgIpc) is 3.16. The van der Waals surface area contributed by atoms with Crippen molar-refractivity contribution >= 4 is 29.1 Å². The highest BCUT2D eigenvalue weighted by Crippen LogP contribution is 2.19.